The van der Waals surface area contributed by atoms with Gasteiger partial charge in [-0.15, -0.1) is 11.3 Å². The number of H-pyrrole nitrogens is 1. The highest BCUT2D eigenvalue weighted by Gasteiger charge is 2.21. The Balaban J connectivity index is 1.86. The number of nitrogens with zero attached hydrogens (tertiary/aromatic N) is 1. The lowest BCUT2D eigenvalue weighted by Gasteiger charge is -2.04. The molecule has 2 heterocycles. The number of anilines is 1. The van der Waals surface area contributed by atoms with Gasteiger partial charge >= 0.3 is 5.97 Å². The maximum absolute atomic E-state index is 12.7. The number of rotatable bonds is 5. The Kier molecular flexibility index (Phi) is 5.41. The van der Waals surface area contributed by atoms with E-state index in [-0.39, 0.29) is 11.6 Å². The molecule has 0 aliphatic carbocycles. The molecule has 0 saturated heterocycles. The van der Waals surface area contributed by atoms with Gasteiger partial charge < -0.3 is 15.0 Å². The third-order valence-corrected chi connectivity index (χ3v) is 5.41. The first-order valence-electron chi connectivity index (χ1n) is 8.59. The number of aryl methyl sites for hydroxylation is 3. The monoisotopic (exact) mass is 383 g/mol. The summed E-state index contributed by atoms with van der Waals surface area (Å²) in [7, 11) is 1.30. The molecule has 1 aromatic carbocycles. The molecule has 0 aliphatic rings. The Hall–Kier alpha value is -2.93. The Morgan fingerprint density at radius 1 is 1.22 bits per heavy atom. The first-order valence-corrected chi connectivity index (χ1v) is 9.40. The molecule has 2 aromatic heterocycles. The Morgan fingerprint density at radius 3 is 2.56 bits per heavy atom. The van der Waals surface area contributed by atoms with E-state index >= 15 is 0 Å². The van der Waals surface area contributed by atoms with Crippen molar-refractivity contribution in [1.82, 2.24) is 9.97 Å². The van der Waals surface area contributed by atoms with Crippen LogP contribution in [0.2, 0.25) is 0 Å². The van der Waals surface area contributed by atoms with Gasteiger partial charge in [-0.05, 0) is 31.9 Å². The van der Waals surface area contributed by atoms with Crippen LogP contribution in [0.5, 0.6) is 0 Å². The standard InChI is InChI=1S/C20H21N3O3S/c1-5-13-6-8-14(9-7-13)19-22-12(3)17(27-19)18(24)23-15-10-11(2)21-16(15)20(25)26-4/h6-10,21H,5H2,1-4H3,(H,23,24). The van der Waals surface area contributed by atoms with Gasteiger partial charge in [0.25, 0.3) is 5.91 Å². The predicted molar refractivity (Wildman–Crippen MR) is 106 cm³/mol. The number of aromatic amines is 1. The zero-order valence-corrected chi connectivity index (χ0v) is 16.5. The van der Waals surface area contributed by atoms with Crippen molar-refractivity contribution in [3.63, 3.8) is 0 Å². The smallest absolute Gasteiger partial charge is 0.356 e. The van der Waals surface area contributed by atoms with Gasteiger partial charge in [0.2, 0.25) is 0 Å². The van der Waals surface area contributed by atoms with Crippen molar-refractivity contribution in [3.8, 4) is 10.6 Å². The highest BCUT2D eigenvalue weighted by molar-refractivity contribution is 7.17. The summed E-state index contributed by atoms with van der Waals surface area (Å²) in [5.41, 5.74) is 4.25. The van der Waals surface area contributed by atoms with E-state index in [1.165, 1.54) is 24.0 Å². The van der Waals surface area contributed by atoms with Crippen molar-refractivity contribution in [2.75, 3.05) is 12.4 Å². The van der Waals surface area contributed by atoms with E-state index in [2.05, 4.69) is 34.3 Å². The Labute approximate surface area is 161 Å². The summed E-state index contributed by atoms with van der Waals surface area (Å²) in [6, 6.07) is 9.87. The van der Waals surface area contributed by atoms with E-state index < -0.39 is 5.97 Å². The number of carbonyl (C=O) groups excluding carboxylic acids is 2. The molecule has 0 spiro atoms. The van der Waals surface area contributed by atoms with Gasteiger partial charge in [0.05, 0.1) is 18.5 Å². The zero-order valence-electron chi connectivity index (χ0n) is 15.7. The van der Waals surface area contributed by atoms with Crippen LogP contribution in [0.25, 0.3) is 10.6 Å². The molecular weight excluding hydrogens is 362 g/mol. The van der Waals surface area contributed by atoms with Crippen LogP contribution in [-0.2, 0) is 11.2 Å². The van der Waals surface area contributed by atoms with Crippen molar-refractivity contribution in [3.05, 3.63) is 57.9 Å². The van der Waals surface area contributed by atoms with Gasteiger partial charge in [-0.1, -0.05) is 31.2 Å². The molecule has 7 heteroatoms. The molecule has 0 fully saturated rings. The number of methoxy groups -OCH3 is 1. The van der Waals surface area contributed by atoms with Crippen molar-refractivity contribution in [2.45, 2.75) is 27.2 Å². The number of aromatic nitrogens is 2. The average Bonchev–Trinajstić information content (AvgIpc) is 3.23. The van der Waals surface area contributed by atoms with Crippen LogP contribution in [0.15, 0.2) is 30.3 Å². The summed E-state index contributed by atoms with van der Waals surface area (Å²) in [6.45, 7) is 5.72. The van der Waals surface area contributed by atoms with Gasteiger partial charge in [0.1, 0.15) is 15.6 Å². The molecule has 3 rings (SSSR count). The van der Waals surface area contributed by atoms with Crippen molar-refractivity contribution >= 4 is 28.9 Å². The van der Waals surface area contributed by atoms with Crippen molar-refractivity contribution in [1.29, 1.82) is 0 Å². The molecule has 6 nitrogen and oxygen atoms in total. The Bertz CT molecular complexity index is 987. The van der Waals surface area contributed by atoms with Gasteiger partial charge in [-0.2, -0.15) is 0 Å². The highest BCUT2D eigenvalue weighted by atomic mass is 32.1. The lowest BCUT2D eigenvalue weighted by molar-refractivity contribution is 0.0596. The molecule has 0 atom stereocenters. The van der Waals surface area contributed by atoms with Crippen LogP contribution < -0.4 is 5.32 Å². The maximum atomic E-state index is 12.7. The van der Waals surface area contributed by atoms with Crippen LogP contribution in [0.4, 0.5) is 5.69 Å². The number of benzene rings is 1. The quantitative estimate of drug-likeness (QED) is 0.641. The molecule has 140 valence electrons. The summed E-state index contributed by atoms with van der Waals surface area (Å²) in [6.07, 6.45) is 0.976. The summed E-state index contributed by atoms with van der Waals surface area (Å²) < 4.78 is 4.75. The molecular formula is C20H21N3O3S. The minimum absolute atomic E-state index is 0.223. The molecule has 1 amide bonds. The third kappa shape index (κ3) is 3.93. The molecule has 0 radical (unpaired) electrons. The number of hydrogen-bond donors (Lipinski definition) is 2. The van der Waals surface area contributed by atoms with Crippen LogP contribution in [-0.4, -0.2) is 29.0 Å². The van der Waals surface area contributed by atoms with E-state index in [4.69, 9.17) is 4.74 Å². The van der Waals surface area contributed by atoms with Crippen molar-refractivity contribution in [2.24, 2.45) is 0 Å². The molecule has 0 unspecified atom stereocenters. The van der Waals surface area contributed by atoms with Crippen LogP contribution in [0.3, 0.4) is 0 Å². The molecule has 0 aliphatic heterocycles. The van der Waals surface area contributed by atoms with E-state index in [1.807, 2.05) is 12.1 Å². The molecule has 27 heavy (non-hydrogen) atoms. The average molecular weight is 383 g/mol. The van der Waals surface area contributed by atoms with Gasteiger partial charge in [0.15, 0.2) is 0 Å². The van der Waals surface area contributed by atoms with Gasteiger partial charge in [-0.25, -0.2) is 9.78 Å². The van der Waals surface area contributed by atoms with Crippen molar-refractivity contribution < 1.29 is 14.3 Å². The van der Waals surface area contributed by atoms with Gasteiger partial charge in [-0.3, -0.25) is 4.79 Å². The number of ether oxygens (including phenoxy) is 1. The maximum Gasteiger partial charge on any atom is 0.356 e. The fourth-order valence-electron chi connectivity index (χ4n) is 2.74. The summed E-state index contributed by atoms with van der Waals surface area (Å²) in [5.74, 6) is -0.832. The zero-order chi connectivity index (χ0) is 19.6. The highest BCUT2D eigenvalue weighted by Crippen LogP contribution is 2.29. The fraction of sp³-hybridized carbons (Fsp3) is 0.250. The molecule has 0 saturated carbocycles. The molecule has 3 aromatic rings. The van der Waals surface area contributed by atoms with Crippen LogP contribution in [0, 0.1) is 13.8 Å². The predicted octanol–water partition coefficient (Wildman–Crippen LogP) is 4.36. The minimum Gasteiger partial charge on any atom is -0.464 e. The molecule has 0 bridgehead atoms. The first-order chi connectivity index (χ1) is 12.9. The first kappa shape index (κ1) is 18.8. The Morgan fingerprint density at radius 2 is 1.93 bits per heavy atom. The number of amides is 1. The number of hydrogen-bond acceptors (Lipinski definition) is 5. The normalized spacial score (nSPS) is 10.7. The van der Waals surface area contributed by atoms with E-state index in [0.717, 1.165) is 22.7 Å². The SMILES string of the molecule is CCc1ccc(-c2nc(C)c(C(=O)Nc3cc(C)[nH]c3C(=O)OC)s2)cc1. The minimum atomic E-state index is -0.531. The second kappa shape index (κ2) is 7.75. The topological polar surface area (TPSA) is 84.1 Å². The number of carbonyl (C=O) groups is 2. The number of thiazole rings is 1. The lowest BCUT2D eigenvalue weighted by atomic mass is 10.1. The van der Waals surface area contributed by atoms with E-state index in [0.29, 0.717) is 16.3 Å². The second-order valence-electron chi connectivity index (χ2n) is 6.17. The summed E-state index contributed by atoms with van der Waals surface area (Å²) in [5, 5.41) is 3.58. The number of esters is 1. The fourth-order valence-corrected chi connectivity index (χ4v) is 3.71. The number of nitrogens with one attached hydrogen (secondary N) is 2. The second-order valence-corrected chi connectivity index (χ2v) is 7.17. The third-order valence-electron chi connectivity index (χ3n) is 4.20. The lowest BCUT2D eigenvalue weighted by Crippen LogP contribution is -2.14. The van der Waals surface area contributed by atoms with Gasteiger partial charge in [0, 0.05) is 11.3 Å². The summed E-state index contributed by atoms with van der Waals surface area (Å²) >= 11 is 1.33. The summed E-state index contributed by atoms with van der Waals surface area (Å²) in [4.78, 5) is 32.6. The molecule has 2 N–H and O–H groups in total. The van der Waals surface area contributed by atoms with E-state index in [9.17, 15) is 9.59 Å². The largest absolute Gasteiger partial charge is 0.464 e. The van der Waals surface area contributed by atoms with Crippen LogP contribution in [0.1, 0.15) is 44.0 Å². The van der Waals surface area contributed by atoms with Crippen LogP contribution >= 0.6 is 11.3 Å². The van der Waals surface area contributed by atoms with E-state index in [1.54, 1.807) is 19.9 Å².